The summed E-state index contributed by atoms with van der Waals surface area (Å²) in [6, 6.07) is 0.273. The zero-order valence-corrected chi connectivity index (χ0v) is 18.0. The first-order chi connectivity index (χ1) is 13.9. The van der Waals surface area contributed by atoms with Crippen molar-refractivity contribution in [3.63, 3.8) is 0 Å². The van der Waals surface area contributed by atoms with E-state index in [-0.39, 0.29) is 59.4 Å². The van der Waals surface area contributed by atoms with E-state index in [1.165, 1.54) is 0 Å². The Morgan fingerprint density at radius 1 is 1.14 bits per heavy atom. The van der Waals surface area contributed by atoms with E-state index in [0.29, 0.717) is 5.92 Å². The van der Waals surface area contributed by atoms with E-state index >= 15 is 0 Å². The molecule has 1 spiro atoms. The molecule has 6 heteroatoms. The number of ether oxygens (including phenoxy) is 2. The predicted octanol–water partition coefficient (Wildman–Crippen LogP) is 0.877. The standard InChI is InChI=1S/C23H37NO5/c1-4-24-10-21(11-25)6-5-17(26)23-13-7-12-15(28-2)9-22(29-3,18(13)19(12)27)14(20(23)24)8-16(21)23/h12-20,25-27H,4-11H2,1-3H3/t12-,13-,14+,15+,16-,17+,18-,19+,20-,21+,22+,23-/m1/s1. The largest absolute Gasteiger partial charge is 0.396 e. The van der Waals surface area contributed by atoms with Crippen LogP contribution in [0.4, 0.5) is 0 Å². The molecule has 0 aromatic heterocycles. The third-order valence-corrected chi connectivity index (χ3v) is 11.1. The Balaban J connectivity index is 1.60. The molecular weight excluding hydrogens is 370 g/mol. The predicted molar refractivity (Wildman–Crippen MR) is 106 cm³/mol. The molecule has 6 nitrogen and oxygen atoms in total. The molecule has 0 aromatic rings. The molecule has 164 valence electrons. The number of hydrogen-bond donors (Lipinski definition) is 3. The first kappa shape index (κ1) is 19.4. The van der Waals surface area contributed by atoms with Crippen LogP contribution >= 0.6 is 0 Å². The van der Waals surface area contributed by atoms with Crippen LogP contribution in [0.5, 0.6) is 0 Å². The topological polar surface area (TPSA) is 82.4 Å². The first-order valence-corrected chi connectivity index (χ1v) is 11.7. The van der Waals surface area contributed by atoms with Gasteiger partial charge in [0, 0.05) is 61.8 Å². The lowest BCUT2D eigenvalue weighted by Gasteiger charge is -2.69. The van der Waals surface area contributed by atoms with Crippen molar-refractivity contribution in [1.29, 1.82) is 0 Å². The van der Waals surface area contributed by atoms with Gasteiger partial charge < -0.3 is 24.8 Å². The molecule has 1 saturated heterocycles. The highest BCUT2D eigenvalue weighted by atomic mass is 16.5. The number of nitrogens with zero attached hydrogens (tertiary/aromatic N) is 1. The maximum absolute atomic E-state index is 11.7. The summed E-state index contributed by atoms with van der Waals surface area (Å²) in [5.41, 5.74) is -0.758. The van der Waals surface area contributed by atoms with Crippen LogP contribution in [0.2, 0.25) is 0 Å². The maximum Gasteiger partial charge on any atom is 0.0802 e. The van der Waals surface area contributed by atoms with Crippen LogP contribution in [-0.2, 0) is 9.47 Å². The van der Waals surface area contributed by atoms with Gasteiger partial charge in [-0.15, -0.1) is 0 Å². The Kier molecular flexibility index (Phi) is 4.00. The summed E-state index contributed by atoms with van der Waals surface area (Å²) in [6.45, 7) is 4.28. The second-order valence-corrected chi connectivity index (χ2v) is 11.1. The summed E-state index contributed by atoms with van der Waals surface area (Å²) >= 11 is 0. The molecule has 6 aliphatic rings. The van der Waals surface area contributed by atoms with Gasteiger partial charge in [-0.2, -0.15) is 0 Å². The number of aliphatic hydroxyl groups excluding tert-OH is 3. The van der Waals surface area contributed by atoms with Gasteiger partial charge in [-0.05, 0) is 44.1 Å². The van der Waals surface area contributed by atoms with Gasteiger partial charge in [-0.1, -0.05) is 6.92 Å². The van der Waals surface area contributed by atoms with Gasteiger partial charge in [0.25, 0.3) is 0 Å². The summed E-state index contributed by atoms with van der Waals surface area (Å²) in [4.78, 5) is 2.57. The van der Waals surface area contributed by atoms with Gasteiger partial charge in [-0.3, -0.25) is 4.90 Å². The fraction of sp³-hybridized carbons (Fsp3) is 1.00. The normalized spacial score (nSPS) is 62.5. The summed E-state index contributed by atoms with van der Waals surface area (Å²) in [7, 11) is 3.60. The average molecular weight is 408 g/mol. The molecule has 7 bridgehead atoms. The molecule has 1 heterocycles. The van der Waals surface area contributed by atoms with Crippen molar-refractivity contribution in [3.05, 3.63) is 0 Å². The Morgan fingerprint density at radius 3 is 2.59 bits per heavy atom. The molecule has 5 aliphatic carbocycles. The Morgan fingerprint density at radius 2 is 1.93 bits per heavy atom. The van der Waals surface area contributed by atoms with Gasteiger partial charge in [0.2, 0.25) is 0 Å². The number of methoxy groups -OCH3 is 2. The van der Waals surface area contributed by atoms with Crippen molar-refractivity contribution in [1.82, 2.24) is 4.90 Å². The molecule has 0 radical (unpaired) electrons. The van der Waals surface area contributed by atoms with Gasteiger partial charge in [0.15, 0.2) is 0 Å². The summed E-state index contributed by atoms with van der Waals surface area (Å²) < 4.78 is 12.4. The van der Waals surface area contributed by atoms with E-state index in [2.05, 4.69) is 11.8 Å². The minimum Gasteiger partial charge on any atom is -0.396 e. The number of hydrogen-bond acceptors (Lipinski definition) is 6. The van der Waals surface area contributed by atoms with E-state index < -0.39 is 11.7 Å². The molecule has 0 amide bonds. The van der Waals surface area contributed by atoms with Crippen LogP contribution in [0.1, 0.15) is 39.0 Å². The number of piperidine rings is 1. The second kappa shape index (κ2) is 5.96. The van der Waals surface area contributed by atoms with Crippen LogP contribution < -0.4 is 0 Å². The van der Waals surface area contributed by atoms with Gasteiger partial charge in [-0.25, -0.2) is 0 Å². The van der Waals surface area contributed by atoms with Crippen molar-refractivity contribution in [2.45, 2.75) is 69.0 Å². The highest BCUT2D eigenvalue weighted by Gasteiger charge is 2.83. The number of likely N-dealkylation sites (tertiary alicyclic amines) is 1. The maximum atomic E-state index is 11.7. The quantitative estimate of drug-likeness (QED) is 0.642. The zero-order valence-electron chi connectivity index (χ0n) is 18.0. The highest BCUT2D eigenvalue weighted by Crippen LogP contribution is 2.79. The van der Waals surface area contributed by atoms with Crippen molar-refractivity contribution < 1.29 is 24.8 Å². The molecular formula is C23H37NO5. The summed E-state index contributed by atoms with van der Waals surface area (Å²) in [5.74, 6) is 1.01. The van der Waals surface area contributed by atoms with E-state index in [0.717, 1.165) is 45.2 Å². The molecule has 5 saturated carbocycles. The van der Waals surface area contributed by atoms with Crippen LogP contribution in [0.15, 0.2) is 0 Å². The second-order valence-electron chi connectivity index (χ2n) is 11.1. The van der Waals surface area contributed by atoms with Crippen molar-refractivity contribution >= 4 is 0 Å². The molecule has 6 rings (SSSR count). The van der Waals surface area contributed by atoms with Crippen molar-refractivity contribution in [2.24, 2.45) is 40.4 Å². The lowest BCUT2D eigenvalue weighted by molar-refractivity contribution is -0.277. The lowest BCUT2D eigenvalue weighted by Crippen LogP contribution is -2.76. The van der Waals surface area contributed by atoms with Crippen molar-refractivity contribution in [2.75, 3.05) is 33.9 Å². The molecule has 6 fully saturated rings. The average Bonchev–Trinajstić information content (AvgIpc) is 3.14. The van der Waals surface area contributed by atoms with E-state index in [9.17, 15) is 15.3 Å². The third-order valence-electron chi connectivity index (χ3n) is 11.1. The number of rotatable bonds is 4. The first-order valence-electron chi connectivity index (χ1n) is 11.7. The highest BCUT2D eigenvalue weighted by molar-refractivity contribution is 5.33. The molecule has 0 unspecified atom stereocenters. The number of fused-ring (bicyclic) bond motifs is 2. The summed E-state index contributed by atoms with van der Waals surface area (Å²) in [5, 5.41) is 33.8. The molecule has 1 aliphatic heterocycles. The fourth-order valence-corrected chi connectivity index (χ4v) is 10.4. The molecule has 0 aromatic carbocycles. The minimum absolute atomic E-state index is 0.0141. The van der Waals surface area contributed by atoms with Crippen LogP contribution in [0, 0.1) is 40.4 Å². The monoisotopic (exact) mass is 407 g/mol. The lowest BCUT2D eigenvalue weighted by atomic mass is 9.43. The number of aliphatic hydroxyl groups is 3. The summed E-state index contributed by atoms with van der Waals surface area (Å²) in [6.07, 6.45) is 3.65. The minimum atomic E-state index is -0.426. The van der Waals surface area contributed by atoms with Crippen LogP contribution in [0.25, 0.3) is 0 Å². The van der Waals surface area contributed by atoms with Crippen LogP contribution in [0.3, 0.4) is 0 Å². The van der Waals surface area contributed by atoms with Gasteiger partial charge >= 0.3 is 0 Å². The molecule has 3 N–H and O–H groups in total. The zero-order chi connectivity index (χ0) is 20.3. The van der Waals surface area contributed by atoms with E-state index in [1.807, 2.05) is 7.11 Å². The Hall–Kier alpha value is -0.240. The molecule has 12 atom stereocenters. The van der Waals surface area contributed by atoms with E-state index in [4.69, 9.17) is 9.47 Å². The van der Waals surface area contributed by atoms with Gasteiger partial charge in [0.05, 0.1) is 30.5 Å². The van der Waals surface area contributed by atoms with Gasteiger partial charge in [0.1, 0.15) is 0 Å². The SMILES string of the molecule is CCN1C[C@]2(CO)CC[C@H](O)[C@@]34[C@@H]5C[C@H]6[C@H](O)[C@@H]5[C@](OC)(C[C@@H]6OC)[C@@H](C[C@H]23)[C@@H]14. The Bertz CT molecular complexity index is 705. The molecule has 29 heavy (non-hydrogen) atoms. The van der Waals surface area contributed by atoms with E-state index in [1.54, 1.807) is 7.11 Å². The fourth-order valence-electron chi connectivity index (χ4n) is 10.4. The van der Waals surface area contributed by atoms with Crippen molar-refractivity contribution in [3.8, 4) is 0 Å². The smallest absolute Gasteiger partial charge is 0.0802 e. The third kappa shape index (κ3) is 1.85. The Labute approximate surface area is 173 Å². The van der Waals surface area contributed by atoms with Crippen LogP contribution in [-0.4, -0.2) is 84.1 Å².